The zero-order chi connectivity index (χ0) is 14.0. The summed E-state index contributed by atoms with van der Waals surface area (Å²) < 4.78 is 1.86. The van der Waals surface area contributed by atoms with Crippen molar-refractivity contribution in [3.63, 3.8) is 0 Å². The summed E-state index contributed by atoms with van der Waals surface area (Å²) in [7, 11) is 0. The molecule has 1 aliphatic heterocycles. The first-order valence-electron chi connectivity index (χ1n) is 7.67. The molecule has 0 spiro atoms. The number of hydrogen-bond acceptors (Lipinski definition) is 4. The van der Waals surface area contributed by atoms with Crippen molar-refractivity contribution in [2.75, 3.05) is 13.1 Å². The zero-order valence-electron chi connectivity index (χ0n) is 12.5. The Bertz CT molecular complexity index is 474. The van der Waals surface area contributed by atoms with Crippen molar-refractivity contribution in [1.82, 2.24) is 25.6 Å². The summed E-state index contributed by atoms with van der Waals surface area (Å²) in [5, 5.41) is 14.7. The van der Waals surface area contributed by atoms with Gasteiger partial charge in [-0.2, -0.15) is 0 Å². The monoisotopic (exact) mass is 313 g/mol. The minimum atomic E-state index is -0.0771. The van der Waals surface area contributed by atoms with E-state index in [1.807, 2.05) is 4.68 Å². The van der Waals surface area contributed by atoms with E-state index < -0.39 is 0 Å². The van der Waals surface area contributed by atoms with Crippen LogP contribution < -0.4 is 10.6 Å². The summed E-state index contributed by atoms with van der Waals surface area (Å²) >= 11 is 0. The standard InChI is InChI=1S/C14H23N5O.ClH/c1-2-14(6-3-7-14)16-13(20)12-10-19(18-17-12)11-4-8-15-9-5-11;/h10-11,15H,2-9H2,1H3,(H,16,20);1H. The molecule has 1 saturated carbocycles. The molecule has 0 aromatic carbocycles. The van der Waals surface area contributed by atoms with Gasteiger partial charge in [0.2, 0.25) is 0 Å². The molecular formula is C14H24ClN5O. The van der Waals surface area contributed by atoms with Crippen molar-refractivity contribution >= 4 is 18.3 Å². The van der Waals surface area contributed by atoms with Crippen LogP contribution in [0, 0.1) is 0 Å². The van der Waals surface area contributed by atoms with Gasteiger partial charge in [0.05, 0.1) is 12.2 Å². The SMILES string of the molecule is CCC1(NC(=O)c2cn(C3CCNCC3)nn2)CCC1.Cl. The molecule has 3 rings (SSSR count). The smallest absolute Gasteiger partial charge is 0.273 e. The highest BCUT2D eigenvalue weighted by Gasteiger charge is 2.37. The van der Waals surface area contributed by atoms with Gasteiger partial charge in [0, 0.05) is 5.54 Å². The molecule has 1 amide bonds. The number of hydrogen-bond donors (Lipinski definition) is 2. The summed E-state index contributed by atoms with van der Waals surface area (Å²) in [6.45, 7) is 4.14. The molecule has 0 atom stereocenters. The second kappa shape index (κ2) is 6.75. The number of halogens is 1. The van der Waals surface area contributed by atoms with Crippen molar-refractivity contribution in [2.24, 2.45) is 0 Å². The summed E-state index contributed by atoms with van der Waals surface area (Å²) in [4.78, 5) is 12.3. The minimum absolute atomic E-state index is 0. The van der Waals surface area contributed by atoms with Crippen molar-refractivity contribution in [1.29, 1.82) is 0 Å². The number of carbonyl (C=O) groups excluding carboxylic acids is 1. The predicted molar refractivity (Wildman–Crippen MR) is 82.7 cm³/mol. The van der Waals surface area contributed by atoms with Crippen LogP contribution in [0.3, 0.4) is 0 Å². The lowest BCUT2D eigenvalue weighted by Crippen LogP contribution is -2.53. The fraction of sp³-hybridized carbons (Fsp3) is 0.786. The fourth-order valence-corrected chi connectivity index (χ4v) is 3.11. The van der Waals surface area contributed by atoms with Crippen LogP contribution in [-0.2, 0) is 0 Å². The Hall–Kier alpha value is -1.14. The largest absolute Gasteiger partial charge is 0.345 e. The maximum absolute atomic E-state index is 12.3. The molecular weight excluding hydrogens is 290 g/mol. The van der Waals surface area contributed by atoms with Crippen LogP contribution in [0.2, 0.25) is 0 Å². The first-order valence-corrected chi connectivity index (χ1v) is 7.67. The Morgan fingerprint density at radius 2 is 2.19 bits per heavy atom. The molecule has 6 nitrogen and oxygen atoms in total. The average Bonchev–Trinajstić information content (AvgIpc) is 2.93. The highest BCUT2D eigenvalue weighted by Crippen LogP contribution is 2.34. The van der Waals surface area contributed by atoms with Crippen LogP contribution in [0.25, 0.3) is 0 Å². The number of nitrogens with zero attached hydrogens (tertiary/aromatic N) is 3. The molecule has 2 N–H and O–H groups in total. The molecule has 1 aromatic rings. The average molecular weight is 314 g/mol. The van der Waals surface area contributed by atoms with Crippen molar-refractivity contribution < 1.29 is 4.79 Å². The van der Waals surface area contributed by atoms with Crippen LogP contribution in [0.4, 0.5) is 0 Å². The number of nitrogens with one attached hydrogen (secondary N) is 2. The predicted octanol–water partition coefficient (Wildman–Crippen LogP) is 1.69. The van der Waals surface area contributed by atoms with Crippen LogP contribution in [0.15, 0.2) is 6.20 Å². The molecule has 1 saturated heterocycles. The molecule has 1 aromatic heterocycles. The minimum Gasteiger partial charge on any atom is -0.345 e. The lowest BCUT2D eigenvalue weighted by Gasteiger charge is -2.41. The van der Waals surface area contributed by atoms with E-state index in [2.05, 4.69) is 27.9 Å². The third-order valence-electron chi connectivity index (χ3n) is 4.79. The second-order valence-corrected chi connectivity index (χ2v) is 6.01. The van der Waals surface area contributed by atoms with Crippen molar-refractivity contribution in [3.8, 4) is 0 Å². The molecule has 0 unspecified atom stereocenters. The summed E-state index contributed by atoms with van der Waals surface area (Å²) in [5.41, 5.74) is 0.457. The first kappa shape index (κ1) is 16.2. The third-order valence-corrected chi connectivity index (χ3v) is 4.79. The third kappa shape index (κ3) is 3.37. The van der Waals surface area contributed by atoms with E-state index >= 15 is 0 Å². The number of carbonyl (C=O) groups is 1. The van der Waals surface area contributed by atoms with Crippen LogP contribution in [0.1, 0.15) is 62.0 Å². The van der Waals surface area contributed by atoms with Gasteiger partial charge in [-0.05, 0) is 51.6 Å². The topological polar surface area (TPSA) is 71.8 Å². The molecule has 118 valence electrons. The van der Waals surface area contributed by atoms with Crippen LogP contribution in [-0.4, -0.2) is 39.5 Å². The van der Waals surface area contributed by atoms with Crippen LogP contribution >= 0.6 is 12.4 Å². The molecule has 2 aliphatic rings. The molecule has 0 bridgehead atoms. The van der Waals surface area contributed by atoms with Gasteiger partial charge in [-0.15, -0.1) is 17.5 Å². The Balaban J connectivity index is 0.00000161. The Labute approximate surface area is 131 Å². The zero-order valence-corrected chi connectivity index (χ0v) is 13.3. The molecule has 2 fully saturated rings. The van der Waals surface area contributed by atoms with E-state index in [1.54, 1.807) is 6.20 Å². The highest BCUT2D eigenvalue weighted by molar-refractivity contribution is 5.92. The number of piperidine rings is 1. The van der Waals surface area contributed by atoms with Gasteiger partial charge in [0.1, 0.15) is 0 Å². The Morgan fingerprint density at radius 1 is 1.48 bits per heavy atom. The molecule has 7 heteroatoms. The summed E-state index contributed by atoms with van der Waals surface area (Å²) in [5.74, 6) is -0.0771. The molecule has 1 aliphatic carbocycles. The van der Waals surface area contributed by atoms with E-state index in [-0.39, 0.29) is 23.9 Å². The maximum Gasteiger partial charge on any atom is 0.273 e. The van der Waals surface area contributed by atoms with Gasteiger partial charge in [-0.1, -0.05) is 12.1 Å². The lowest BCUT2D eigenvalue weighted by molar-refractivity contribution is 0.0815. The Kier molecular flexibility index (Phi) is 5.22. The van der Waals surface area contributed by atoms with Gasteiger partial charge in [0.25, 0.3) is 5.91 Å². The van der Waals surface area contributed by atoms with Gasteiger partial charge < -0.3 is 10.6 Å². The van der Waals surface area contributed by atoms with Gasteiger partial charge in [0.15, 0.2) is 5.69 Å². The number of rotatable bonds is 4. The van der Waals surface area contributed by atoms with Crippen molar-refractivity contribution in [2.45, 2.75) is 57.0 Å². The Morgan fingerprint density at radius 3 is 2.76 bits per heavy atom. The van der Waals surface area contributed by atoms with Gasteiger partial charge in [-0.25, -0.2) is 4.68 Å². The normalized spacial score (nSPS) is 21.2. The van der Waals surface area contributed by atoms with Crippen molar-refractivity contribution in [3.05, 3.63) is 11.9 Å². The van der Waals surface area contributed by atoms with E-state index in [0.717, 1.165) is 45.2 Å². The lowest BCUT2D eigenvalue weighted by atomic mass is 9.75. The fourth-order valence-electron chi connectivity index (χ4n) is 3.11. The molecule has 2 heterocycles. The van der Waals surface area contributed by atoms with Crippen LogP contribution in [0.5, 0.6) is 0 Å². The van der Waals surface area contributed by atoms with E-state index in [4.69, 9.17) is 0 Å². The van der Waals surface area contributed by atoms with Gasteiger partial charge >= 0.3 is 0 Å². The molecule has 21 heavy (non-hydrogen) atoms. The number of aromatic nitrogens is 3. The van der Waals surface area contributed by atoms with E-state index in [9.17, 15) is 4.79 Å². The van der Waals surface area contributed by atoms with E-state index in [1.165, 1.54) is 6.42 Å². The van der Waals surface area contributed by atoms with Gasteiger partial charge in [-0.3, -0.25) is 4.79 Å². The summed E-state index contributed by atoms with van der Waals surface area (Å²) in [6.07, 6.45) is 8.24. The first-order chi connectivity index (χ1) is 9.72. The number of amides is 1. The summed E-state index contributed by atoms with van der Waals surface area (Å²) in [6, 6.07) is 0.370. The quantitative estimate of drug-likeness (QED) is 0.887. The van der Waals surface area contributed by atoms with E-state index in [0.29, 0.717) is 11.7 Å². The molecule has 0 radical (unpaired) electrons. The highest BCUT2D eigenvalue weighted by atomic mass is 35.5. The maximum atomic E-state index is 12.3. The second-order valence-electron chi connectivity index (χ2n) is 6.01.